The highest BCUT2D eigenvalue weighted by Gasteiger charge is 2.23. The van der Waals surface area contributed by atoms with Crippen molar-refractivity contribution in [3.05, 3.63) is 0 Å². The van der Waals surface area contributed by atoms with Gasteiger partial charge in [0.1, 0.15) is 0 Å². The predicted molar refractivity (Wildman–Crippen MR) is 67.2 cm³/mol. The van der Waals surface area contributed by atoms with Gasteiger partial charge in [-0.3, -0.25) is 4.79 Å². The molecule has 0 bridgehead atoms. The van der Waals surface area contributed by atoms with Crippen LogP contribution in [0.25, 0.3) is 0 Å². The third-order valence-electron chi connectivity index (χ3n) is 3.77. The Balaban J connectivity index is 2.19. The first-order chi connectivity index (χ1) is 7.50. The van der Waals surface area contributed by atoms with Crippen LogP contribution in [0, 0.1) is 11.8 Å². The van der Waals surface area contributed by atoms with Crippen molar-refractivity contribution >= 4 is 5.91 Å². The molecule has 3 atom stereocenters. The Kier molecular flexibility index (Phi) is 5.26. The van der Waals surface area contributed by atoms with Gasteiger partial charge in [0, 0.05) is 12.1 Å². The van der Waals surface area contributed by atoms with E-state index in [1.807, 2.05) is 0 Å². The molecule has 3 heteroatoms. The van der Waals surface area contributed by atoms with Crippen LogP contribution in [0.3, 0.4) is 0 Å². The van der Waals surface area contributed by atoms with Gasteiger partial charge in [-0.15, -0.1) is 0 Å². The zero-order valence-corrected chi connectivity index (χ0v) is 11.0. The van der Waals surface area contributed by atoms with Crippen molar-refractivity contribution < 1.29 is 4.79 Å². The quantitative estimate of drug-likeness (QED) is 0.752. The van der Waals surface area contributed by atoms with Crippen LogP contribution in [0.1, 0.15) is 47.0 Å². The lowest BCUT2D eigenvalue weighted by atomic mass is 10.1. The third-order valence-corrected chi connectivity index (χ3v) is 3.77. The molecule has 1 aliphatic rings. The number of hydrogen-bond acceptors (Lipinski definition) is 2. The lowest BCUT2D eigenvalue weighted by Gasteiger charge is -2.20. The summed E-state index contributed by atoms with van der Waals surface area (Å²) in [5, 5.41) is 6.38. The number of amides is 1. The molecule has 1 rings (SSSR count). The van der Waals surface area contributed by atoms with E-state index in [9.17, 15) is 4.79 Å². The molecular formula is C13H26N2O. The fraction of sp³-hybridized carbons (Fsp3) is 0.923. The fourth-order valence-electron chi connectivity index (χ4n) is 2.14. The Morgan fingerprint density at radius 2 is 2.00 bits per heavy atom. The Bertz CT molecular complexity index is 228. The minimum atomic E-state index is 0.125. The second-order valence-corrected chi connectivity index (χ2v) is 5.50. The zero-order chi connectivity index (χ0) is 12.1. The highest BCUT2D eigenvalue weighted by Crippen LogP contribution is 2.24. The van der Waals surface area contributed by atoms with Crippen LogP contribution >= 0.6 is 0 Å². The Hall–Kier alpha value is -0.570. The van der Waals surface area contributed by atoms with Gasteiger partial charge < -0.3 is 10.6 Å². The molecule has 94 valence electrons. The van der Waals surface area contributed by atoms with Crippen molar-refractivity contribution in [3.63, 3.8) is 0 Å². The first-order valence-corrected chi connectivity index (χ1v) is 6.53. The minimum Gasteiger partial charge on any atom is -0.352 e. The lowest BCUT2D eigenvalue weighted by Crippen LogP contribution is -2.44. The summed E-state index contributed by atoms with van der Waals surface area (Å²) in [6.45, 7) is 9.03. The first kappa shape index (κ1) is 13.5. The molecule has 1 aliphatic carbocycles. The molecule has 0 spiro atoms. The normalized spacial score (nSPS) is 27.1. The van der Waals surface area contributed by atoms with Gasteiger partial charge in [-0.05, 0) is 31.6 Å². The number of rotatable bonds is 5. The third kappa shape index (κ3) is 4.12. The van der Waals surface area contributed by atoms with Crippen molar-refractivity contribution in [3.8, 4) is 0 Å². The molecule has 3 nitrogen and oxygen atoms in total. The highest BCUT2D eigenvalue weighted by atomic mass is 16.1. The Morgan fingerprint density at radius 3 is 2.50 bits per heavy atom. The molecule has 1 saturated carbocycles. The van der Waals surface area contributed by atoms with Gasteiger partial charge in [0.05, 0.1) is 6.54 Å². The molecule has 0 aliphatic heterocycles. The smallest absolute Gasteiger partial charge is 0.234 e. The standard InChI is InChI=1S/C13H26N2O/c1-9(2)11(4)15-13(16)8-14-12-7-5-6-10(12)3/h9-12,14H,5-8H2,1-4H3,(H,15,16). The molecule has 0 radical (unpaired) electrons. The van der Waals surface area contributed by atoms with E-state index >= 15 is 0 Å². The maximum atomic E-state index is 11.6. The largest absolute Gasteiger partial charge is 0.352 e. The van der Waals surface area contributed by atoms with Gasteiger partial charge in [0.25, 0.3) is 0 Å². The SMILES string of the molecule is CC(C)C(C)NC(=O)CNC1CCCC1C. The molecule has 0 aromatic rings. The van der Waals surface area contributed by atoms with Crippen molar-refractivity contribution in [2.24, 2.45) is 11.8 Å². The van der Waals surface area contributed by atoms with E-state index in [2.05, 4.69) is 38.3 Å². The molecule has 0 aromatic heterocycles. The van der Waals surface area contributed by atoms with E-state index in [1.165, 1.54) is 19.3 Å². The second kappa shape index (κ2) is 6.24. The highest BCUT2D eigenvalue weighted by molar-refractivity contribution is 5.78. The van der Waals surface area contributed by atoms with Gasteiger partial charge in [0.2, 0.25) is 5.91 Å². The summed E-state index contributed by atoms with van der Waals surface area (Å²) < 4.78 is 0. The number of hydrogen-bond donors (Lipinski definition) is 2. The fourth-order valence-corrected chi connectivity index (χ4v) is 2.14. The molecule has 0 heterocycles. The van der Waals surface area contributed by atoms with E-state index < -0.39 is 0 Å². The second-order valence-electron chi connectivity index (χ2n) is 5.50. The monoisotopic (exact) mass is 226 g/mol. The average Bonchev–Trinajstić information content (AvgIpc) is 2.61. The van der Waals surface area contributed by atoms with Gasteiger partial charge in [-0.2, -0.15) is 0 Å². The summed E-state index contributed by atoms with van der Waals surface area (Å²) in [7, 11) is 0. The molecule has 0 aromatic carbocycles. The summed E-state index contributed by atoms with van der Waals surface area (Å²) in [5.41, 5.74) is 0. The van der Waals surface area contributed by atoms with E-state index in [-0.39, 0.29) is 11.9 Å². The summed E-state index contributed by atoms with van der Waals surface area (Å²) in [5.74, 6) is 1.34. The Morgan fingerprint density at radius 1 is 1.31 bits per heavy atom. The van der Waals surface area contributed by atoms with Crippen LogP contribution in [0.2, 0.25) is 0 Å². The van der Waals surface area contributed by atoms with Crippen molar-refractivity contribution in [2.75, 3.05) is 6.54 Å². The molecule has 3 unspecified atom stereocenters. The molecular weight excluding hydrogens is 200 g/mol. The lowest BCUT2D eigenvalue weighted by molar-refractivity contribution is -0.121. The van der Waals surface area contributed by atoms with Crippen molar-refractivity contribution in [2.45, 2.75) is 59.0 Å². The van der Waals surface area contributed by atoms with Crippen molar-refractivity contribution in [1.29, 1.82) is 0 Å². The van der Waals surface area contributed by atoms with E-state index in [0.717, 1.165) is 5.92 Å². The van der Waals surface area contributed by atoms with E-state index in [0.29, 0.717) is 18.5 Å². The number of nitrogens with one attached hydrogen (secondary N) is 2. The zero-order valence-electron chi connectivity index (χ0n) is 11.0. The number of carbonyl (C=O) groups excluding carboxylic acids is 1. The van der Waals surface area contributed by atoms with E-state index in [4.69, 9.17) is 0 Å². The minimum absolute atomic E-state index is 0.125. The van der Waals surface area contributed by atoms with Crippen LogP contribution in [0.15, 0.2) is 0 Å². The van der Waals surface area contributed by atoms with Crippen LogP contribution in [-0.2, 0) is 4.79 Å². The van der Waals surface area contributed by atoms with Crippen LogP contribution in [0.4, 0.5) is 0 Å². The molecule has 1 fully saturated rings. The van der Waals surface area contributed by atoms with Gasteiger partial charge >= 0.3 is 0 Å². The summed E-state index contributed by atoms with van der Waals surface area (Å²) in [6.07, 6.45) is 3.80. The maximum absolute atomic E-state index is 11.6. The summed E-state index contributed by atoms with van der Waals surface area (Å²) in [6, 6.07) is 0.801. The van der Waals surface area contributed by atoms with Crippen LogP contribution in [0.5, 0.6) is 0 Å². The first-order valence-electron chi connectivity index (χ1n) is 6.53. The van der Waals surface area contributed by atoms with E-state index in [1.54, 1.807) is 0 Å². The molecule has 1 amide bonds. The van der Waals surface area contributed by atoms with Crippen LogP contribution < -0.4 is 10.6 Å². The number of carbonyl (C=O) groups is 1. The molecule has 2 N–H and O–H groups in total. The van der Waals surface area contributed by atoms with Crippen molar-refractivity contribution in [1.82, 2.24) is 10.6 Å². The van der Waals surface area contributed by atoms with Gasteiger partial charge in [-0.1, -0.05) is 27.2 Å². The Labute approximate surface area is 99.4 Å². The summed E-state index contributed by atoms with van der Waals surface area (Å²) in [4.78, 5) is 11.6. The van der Waals surface area contributed by atoms with Gasteiger partial charge in [0.15, 0.2) is 0 Å². The predicted octanol–water partition coefficient (Wildman–Crippen LogP) is 1.93. The van der Waals surface area contributed by atoms with Crippen LogP contribution in [-0.4, -0.2) is 24.5 Å². The van der Waals surface area contributed by atoms with Gasteiger partial charge in [-0.25, -0.2) is 0 Å². The average molecular weight is 226 g/mol. The molecule has 16 heavy (non-hydrogen) atoms. The summed E-state index contributed by atoms with van der Waals surface area (Å²) >= 11 is 0. The topological polar surface area (TPSA) is 41.1 Å². The molecule has 0 saturated heterocycles. The maximum Gasteiger partial charge on any atom is 0.234 e.